The molecule has 0 atom stereocenters. The van der Waals surface area contributed by atoms with Crippen LogP contribution in [-0.4, -0.2) is 20.6 Å². The van der Waals surface area contributed by atoms with Gasteiger partial charge in [-0.2, -0.15) is 0 Å². The zero-order chi connectivity index (χ0) is 13.1. The van der Waals surface area contributed by atoms with Crippen molar-refractivity contribution in [3.8, 4) is 5.75 Å². The van der Waals surface area contributed by atoms with Gasteiger partial charge in [0.05, 0.1) is 12.5 Å². The number of hydrogen-bond acceptors (Lipinski definition) is 4. The monoisotopic (exact) mass is 246 g/mol. The smallest absolute Gasteiger partial charge is 0.269 e. The molecular formula is C12H14N4O2. The molecule has 0 spiro atoms. The van der Waals surface area contributed by atoms with Gasteiger partial charge in [0.2, 0.25) is 0 Å². The number of nitrogens with one attached hydrogen (secondary N) is 1. The van der Waals surface area contributed by atoms with Crippen molar-refractivity contribution >= 4 is 11.6 Å². The van der Waals surface area contributed by atoms with Gasteiger partial charge in [-0.25, -0.2) is 4.98 Å². The number of aryl methyl sites for hydroxylation is 1. The lowest BCUT2D eigenvalue weighted by Gasteiger charge is -2.08. The number of aromatic hydroxyl groups is 1. The molecule has 0 aliphatic heterocycles. The number of carbonyl (C=O) groups excluding carboxylic acids is 1. The van der Waals surface area contributed by atoms with Crippen LogP contribution in [0.5, 0.6) is 5.75 Å². The summed E-state index contributed by atoms with van der Waals surface area (Å²) in [6.07, 6.45) is 3.03. The molecule has 0 unspecified atom stereocenters. The fraction of sp³-hybridized carbons (Fsp3) is 0.167. The Morgan fingerprint density at radius 1 is 1.56 bits per heavy atom. The van der Waals surface area contributed by atoms with Crippen molar-refractivity contribution in [2.45, 2.75) is 6.54 Å². The maximum atomic E-state index is 11.8. The highest BCUT2D eigenvalue weighted by Crippen LogP contribution is 2.19. The summed E-state index contributed by atoms with van der Waals surface area (Å²) in [5, 5.41) is 12.3. The number of rotatable bonds is 3. The minimum atomic E-state index is -0.253. The van der Waals surface area contributed by atoms with Gasteiger partial charge in [-0.05, 0) is 18.2 Å². The minimum Gasteiger partial charge on any atom is -0.508 e. The quantitative estimate of drug-likeness (QED) is 0.547. The molecule has 0 saturated carbocycles. The number of hydrogen-bond donors (Lipinski definition) is 3. The van der Waals surface area contributed by atoms with E-state index in [1.165, 1.54) is 12.3 Å². The topological polar surface area (TPSA) is 93.2 Å². The van der Waals surface area contributed by atoms with Crippen LogP contribution < -0.4 is 11.1 Å². The van der Waals surface area contributed by atoms with E-state index in [2.05, 4.69) is 10.3 Å². The lowest BCUT2D eigenvalue weighted by Crippen LogP contribution is -2.24. The molecule has 2 aromatic rings. The summed E-state index contributed by atoms with van der Waals surface area (Å²) < 4.78 is 1.62. The van der Waals surface area contributed by atoms with E-state index in [1.807, 2.05) is 0 Å². The number of aromatic nitrogens is 2. The van der Waals surface area contributed by atoms with Crippen LogP contribution in [0.3, 0.4) is 0 Å². The Hall–Kier alpha value is -2.50. The Labute approximate surface area is 104 Å². The van der Waals surface area contributed by atoms with Crippen molar-refractivity contribution in [1.29, 1.82) is 0 Å². The second-order valence-electron chi connectivity index (χ2n) is 3.96. The fourth-order valence-electron chi connectivity index (χ4n) is 1.59. The van der Waals surface area contributed by atoms with Crippen LogP contribution in [0.2, 0.25) is 0 Å². The van der Waals surface area contributed by atoms with E-state index in [1.54, 1.807) is 30.1 Å². The van der Waals surface area contributed by atoms with E-state index in [0.29, 0.717) is 16.9 Å². The number of amides is 1. The molecule has 18 heavy (non-hydrogen) atoms. The molecule has 2 rings (SSSR count). The average molecular weight is 246 g/mol. The van der Waals surface area contributed by atoms with Crippen LogP contribution in [0.25, 0.3) is 0 Å². The highest BCUT2D eigenvalue weighted by molar-refractivity contribution is 5.92. The molecule has 0 aliphatic rings. The molecule has 1 heterocycles. The molecule has 0 bridgehead atoms. The van der Waals surface area contributed by atoms with Crippen LogP contribution in [-0.2, 0) is 13.6 Å². The van der Waals surface area contributed by atoms with Crippen LogP contribution in [0.15, 0.2) is 30.7 Å². The molecule has 0 aliphatic carbocycles. The number of phenolic OH excluding ortho intramolecular Hbond substituents is 1. The highest BCUT2D eigenvalue weighted by atomic mass is 16.3. The van der Waals surface area contributed by atoms with Gasteiger partial charge in [0.15, 0.2) is 0 Å². The standard InChI is InChI=1S/C12H14N4O2/c1-16-7-14-6-10(16)12(18)15-5-8-4-9(13)2-3-11(8)17/h2-4,6-7,17H,5,13H2,1H3,(H,15,18). The Kier molecular flexibility index (Phi) is 3.18. The van der Waals surface area contributed by atoms with Crippen molar-refractivity contribution < 1.29 is 9.90 Å². The molecule has 1 amide bonds. The van der Waals surface area contributed by atoms with Crippen molar-refractivity contribution in [1.82, 2.24) is 14.9 Å². The van der Waals surface area contributed by atoms with Gasteiger partial charge in [0, 0.05) is 24.8 Å². The molecule has 0 radical (unpaired) electrons. The van der Waals surface area contributed by atoms with Gasteiger partial charge in [-0.1, -0.05) is 0 Å². The molecule has 0 saturated heterocycles. The van der Waals surface area contributed by atoms with Crippen LogP contribution in [0, 0.1) is 0 Å². The maximum absolute atomic E-state index is 11.8. The Morgan fingerprint density at radius 3 is 3.00 bits per heavy atom. The first-order valence-electron chi connectivity index (χ1n) is 5.40. The summed E-state index contributed by atoms with van der Waals surface area (Å²) in [7, 11) is 1.74. The SMILES string of the molecule is Cn1cncc1C(=O)NCc1cc(N)ccc1O. The molecule has 1 aromatic heterocycles. The summed E-state index contributed by atoms with van der Waals surface area (Å²) in [5.41, 5.74) is 7.19. The second-order valence-corrected chi connectivity index (χ2v) is 3.96. The van der Waals surface area contributed by atoms with Gasteiger partial charge < -0.3 is 20.7 Å². The number of imidazole rings is 1. The summed E-state index contributed by atoms with van der Waals surface area (Å²) in [6, 6.07) is 4.72. The van der Waals surface area contributed by atoms with E-state index in [4.69, 9.17) is 5.73 Å². The maximum Gasteiger partial charge on any atom is 0.269 e. The molecule has 94 valence electrons. The third-order valence-corrected chi connectivity index (χ3v) is 2.59. The molecule has 4 N–H and O–H groups in total. The number of nitrogens with two attached hydrogens (primary N) is 1. The predicted octanol–water partition coefficient (Wildman–Crippen LogP) is 0.638. The number of phenols is 1. The minimum absolute atomic E-state index is 0.106. The number of carbonyl (C=O) groups is 1. The van der Waals surface area contributed by atoms with E-state index < -0.39 is 0 Å². The van der Waals surface area contributed by atoms with Crippen LogP contribution >= 0.6 is 0 Å². The highest BCUT2D eigenvalue weighted by Gasteiger charge is 2.10. The van der Waals surface area contributed by atoms with E-state index in [0.717, 1.165) is 0 Å². The molecule has 6 nitrogen and oxygen atoms in total. The zero-order valence-corrected chi connectivity index (χ0v) is 9.92. The number of benzene rings is 1. The lowest BCUT2D eigenvalue weighted by atomic mass is 10.2. The zero-order valence-electron chi connectivity index (χ0n) is 9.92. The van der Waals surface area contributed by atoms with Gasteiger partial charge in [0.1, 0.15) is 11.4 Å². The normalized spacial score (nSPS) is 10.3. The van der Waals surface area contributed by atoms with E-state index in [9.17, 15) is 9.90 Å². The molecule has 6 heteroatoms. The van der Waals surface area contributed by atoms with Crippen LogP contribution in [0.4, 0.5) is 5.69 Å². The number of anilines is 1. The van der Waals surface area contributed by atoms with Gasteiger partial charge >= 0.3 is 0 Å². The first-order valence-corrected chi connectivity index (χ1v) is 5.40. The Balaban J connectivity index is 2.06. The van der Waals surface area contributed by atoms with Crippen molar-refractivity contribution in [3.63, 3.8) is 0 Å². The van der Waals surface area contributed by atoms with Gasteiger partial charge in [-0.3, -0.25) is 4.79 Å². The molecule has 1 aromatic carbocycles. The van der Waals surface area contributed by atoms with Gasteiger partial charge in [-0.15, -0.1) is 0 Å². The van der Waals surface area contributed by atoms with E-state index >= 15 is 0 Å². The summed E-state index contributed by atoms with van der Waals surface area (Å²) in [4.78, 5) is 15.7. The Morgan fingerprint density at radius 2 is 2.33 bits per heavy atom. The van der Waals surface area contributed by atoms with E-state index in [-0.39, 0.29) is 18.2 Å². The fourth-order valence-corrected chi connectivity index (χ4v) is 1.59. The molecular weight excluding hydrogens is 232 g/mol. The largest absolute Gasteiger partial charge is 0.508 e. The summed E-state index contributed by atoms with van der Waals surface area (Å²) in [6.45, 7) is 0.209. The first-order chi connectivity index (χ1) is 8.58. The first kappa shape index (κ1) is 12.0. The van der Waals surface area contributed by atoms with Gasteiger partial charge in [0.25, 0.3) is 5.91 Å². The van der Waals surface area contributed by atoms with Crippen molar-refractivity contribution in [2.75, 3.05) is 5.73 Å². The van der Waals surface area contributed by atoms with Crippen molar-refractivity contribution in [3.05, 3.63) is 42.0 Å². The third-order valence-electron chi connectivity index (χ3n) is 2.59. The Bertz CT molecular complexity index is 577. The second kappa shape index (κ2) is 4.79. The average Bonchev–Trinajstić information content (AvgIpc) is 2.76. The van der Waals surface area contributed by atoms with Crippen molar-refractivity contribution in [2.24, 2.45) is 7.05 Å². The summed E-state index contributed by atoms with van der Waals surface area (Å²) in [5.74, 6) is -0.147. The third kappa shape index (κ3) is 2.42. The molecule has 0 fully saturated rings. The number of nitrogens with zero attached hydrogens (tertiary/aromatic N) is 2. The number of nitrogen functional groups attached to an aromatic ring is 1. The predicted molar refractivity (Wildman–Crippen MR) is 66.9 cm³/mol. The van der Waals surface area contributed by atoms with Crippen LogP contribution in [0.1, 0.15) is 16.1 Å². The summed E-state index contributed by atoms with van der Waals surface area (Å²) >= 11 is 0. The lowest BCUT2D eigenvalue weighted by molar-refractivity contribution is 0.0942.